The summed E-state index contributed by atoms with van der Waals surface area (Å²) in [5, 5.41) is 11.5. The first-order valence-corrected chi connectivity index (χ1v) is 12.3. The van der Waals surface area contributed by atoms with Gasteiger partial charge in [0.2, 0.25) is 5.89 Å². The fraction of sp³-hybridized carbons (Fsp3) is 0.304. The second-order valence-electron chi connectivity index (χ2n) is 7.66. The first-order chi connectivity index (χ1) is 16.0. The molecule has 10 heteroatoms. The molecular formula is C23H22N4O4S2. The van der Waals surface area contributed by atoms with Gasteiger partial charge in [-0.3, -0.25) is 4.79 Å². The van der Waals surface area contributed by atoms with Crippen LogP contribution in [-0.4, -0.2) is 44.5 Å². The summed E-state index contributed by atoms with van der Waals surface area (Å²) < 4.78 is 19.1. The summed E-state index contributed by atoms with van der Waals surface area (Å²) in [6, 6.07) is 7.74. The van der Waals surface area contributed by atoms with E-state index in [-0.39, 0.29) is 11.5 Å². The first kappa shape index (κ1) is 21.7. The van der Waals surface area contributed by atoms with Crippen LogP contribution in [0.4, 0.5) is 0 Å². The fourth-order valence-electron chi connectivity index (χ4n) is 3.83. The van der Waals surface area contributed by atoms with Gasteiger partial charge in [0.25, 0.3) is 5.22 Å². The third-order valence-electron chi connectivity index (χ3n) is 5.29. The lowest BCUT2D eigenvalue weighted by molar-refractivity contribution is 0.102. The van der Waals surface area contributed by atoms with Gasteiger partial charge in [-0.2, -0.15) is 0 Å². The number of ketones is 1. The molecule has 5 rings (SSSR count). The molecule has 0 saturated heterocycles. The molecule has 3 aromatic heterocycles. The Bertz CT molecular complexity index is 1320. The maximum absolute atomic E-state index is 13.0. The number of aryl methyl sites for hydroxylation is 2. The second-order valence-corrected chi connectivity index (χ2v) is 9.65. The molecule has 170 valence electrons. The zero-order valence-electron chi connectivity index (χ0n) is 18.5. The molecule has 33 heavy (non-hydrogen) atoms. The van der Waals surface area contributed by atoms with Crippen LogP contribution >= 0.6 is 23.1 Å². The quantitative estimate of drug-likeness (QED) is 0.279. The number of fused-ring (bicyclic) bond motifs is 1. The summed E-state index contributed by atoms with van der Waals surface area (Å²) in [5.74, 6) is 2.17. The lowest BCUT2D eigenvalue weighted by Crippen LogP contribution is -2.15. The van der Waals surface area contributed by atoms with E-state index in [0.717, 1.165) is 39.3 Å². The molecular weight excluding hydrogens is 460 g/mol. The Hall–Kier alpha value is -3.11. The smallest absolute Gasteiger partial charge is 0.277 e. The number of carbonyl (C=O) groups is 1. The average molecular weight is 483 g/mol. The minimum atomic E-state index is 0.00627. The number of Topliss-reactive ketones (excluding diaryl/α,β-unsaturated/α-hetero) is 1. The van der Waals surface area contributed by atoms with Crippen LogP contribution in [0.2, 0.25) is 0 Å². The van der Waals surface area contributed by atoms with Crippen molar-refractivity contribution in [3.05, 3.63) is 63.2 Å². The van der Waals surface area contributed by atoms with Crippen LogP contribution in [0, 0.1) is 20.8 Å². The van der Waals surface area contributed by atoms with Gasteiger partial charge in [-0.15, -0.1) is 21.5 Å². The number of hydrogen-bond donors (Lipinski definition) is 0. The number of carbonyl (C=O) groups excluding carboxylic acids is 1. The molecule has 8 nitrogen and oxygen atoms in total. The highest BCUT2D eigenvalue weighted by Gasteiger charge is 2.20. The van der Waals surface area contributed by atoms with Gasteiger partial charge >= 0.3 is 0 Å². The number of nitrogens with zero attached hydrogens (tertiary/aromatic N) is 4. The maximum atomic E-state index is 13.0. The van der Waals surface area contributed by atoms with Crippen molar-refractivity contribution in [2.24, 2.45) is 0 Å². The van der Waals surface area contributed by atoms with Crippen LogP contribution in [0.1, 0.15) is 38.3 Å². The first-order valence-electron chi connectivity index (χ1n) is 10.5. The number of aromatic nitrogens is 4. The molecule has 0 bridgehead atoms. The van der Waals surface area contributed by atoms with E-state index >= 15 is 0 Å². The lowest BCUT2D eigenvalue weighted by Gasteiger charge is -2.20. The molecule has 0 atom stereocenters. The highest BCUT2D eigenvalue weighted by molar-refractivity contribution is 7.99. The van der Waals surface area contributed by atoms with Gasteiger partial charge in [0.05, 0.1) is 22.9 Å². The van der Waals surface area contributed by atoms with Gasteiger partial charge in [-0.05, 0) is 39.0 Å². The third kappa shape index (κ3) is 4.53. The topological polar surface area (TPSA) is 92.3 Å². The molecule has 0 N–H and O–H groups in total. The monoisotopic (exact) mass is 482 g/mol. The van der Waals surface area contributed by atoms with E-state index < -0.39 is 0 Å². The van der Waals surface area contributed by atoms with E-state index in [9.17, 15) is 4.79 Å². The van der Waals surface area contributed by atoms with E-state index in [4.69, 9.17) is 13.9 Å². The maximum Gasteiger partial charge on any atom is 0.277 e. The largest absolute Gasteiger partial charge is 0.486 e. The Balaban J connectivity index is 1.28. The molecule has 0 fully saturated rings. The predicted molar refractivity (Wildman–Crippen MR) is 125 cm³/mol. The van der Waals surface area contributed by atoms with Crippen LogP contribution in [0.3, 0.4) is 0 Å². The van der Waals surface area contributed by atoms with Gasteiger partial charge in [-0.25, -0.2) is 4.98 Å². The van der Waals surface area contributed by atoms with Gasteiger partial charge in [0, 0.05) is 34.1 Å². The Morgan fingerprint density at radius 3 is 2.73 bits per heavy atom. The van der Waals surface area contributed by atoms with E-state index in [1.807, 2.05) is 50.4 Å². The Labute approximate surface area is 199 Å². The summed E-state index contributed by atoms with van der Waals surface area (Å²) in [6.07, 6.45) is 0.489. The molecule has 4 heterocycles. The number of rotatable bonds is 7. The predicted octanol–water partition coefficient (Wildman–Crippen LogP) is 4.58. The van der Waals surface area contributed by atoms with Crippen LogP contribution in [0.25, 0.3) is 5.69 Å². The van der Waals surface area contributed by atoms with Crippen molar-refractivity contribution in [1.82, 2.24) is 19.7 Å². The molecule has 0 unspecified atom stereocenters. The van der Waals surface area contributed by atoms with Crippen LogP contribution in [0.5, 0.6) is 11.5 Å². The van der Waals surface area contributed by atoms with E-state index in [1.165, 1.54) is 11.8 Å². The van der Waals surface area contributed by atoms with Gasteiger partial charge in [-0.1, -0.05) is 11.8 Å². The van der Waals surface area contributed by atoms with E-state index in [1.54, 1.807) is 11.3 Å². The molecule has 0 saturated carbocycles. The highest BCUT2D eigenvalue weighted by atomic mass is 32.2. The van der Waals surface area contributed by atoms with Crippen molar-refractivity contribution in [3.63, 3.8) is 0 Å². The van der Waals surface area contributed by atoms with Gasteiger partial charge in [0.1, 0.15) is 13.2 Å². The number of hydrogen-bond acceptors (Lipinski definition) is 9. The molecule has 0 amide bonds. The molecule has 4 aromatic rings. The zero-order chi connectivity index (χ0) is 22.9. The van der Waals surface area contributed by atoms with Crippen LogP contribution in [-0.2, 0) is 6.42 Å². The molecule has 1 aliphatic rings. The standard InChI is InChI=1S/C23H22N4O4S2/c1-13-8-18(14(2)27(13)17-4-5-20-21(10-17)30-7-6-29-20)19(28)12-33-23-26-25-22(31-23)9-16-11-32-15(3)24-16/h4-5,8,10-11H,6-7,9,12H2,1-3H3. The van der Waals surface area contributed by atoms with Crippen molar-refractivity contribution in [3.8, 4) is 17.2 Å². The van der Waals surface area contributed by atoms with Crippen molar-refractivity contribution in [1.29, 1.82) is 0 Å². The number of benzene rings is 1. The molecule has 1 aliphatic heterocycles. The summed E-state index contributed by atoms with van der Waals surface area (Å²) >= 11 is 2.83. The van der Waals surface area contributed by atoms with Crippen LogP contribution in [0.15, 0.2) is 39.3 Å². The van der Waals surface area contributed by atoms with Gasteiger partial charge < -0.3 is 18.5 Å². The van der Waals surface area contributed by atoms with E-state index in [0.29, 0.717) is 36.3 Å². The highest BCUT2D eigenvalue weighted by Crippen LogP contribution is 2.33. The average Bonchev–Trinajstić information content (AvgIpc) is 3.51. The van der Waals surface area contributed by atoms with E-state index in [2.05, 4.69) is 19.7 Å². The minimum Gasteiger partial charge on any atom is -0.486 e. The van der Waals surface area contributed by atoms with Crippen molar-refractivity contribution < 1.29 is 18.7 Å². The fourth-order valence-corrected chi connectivity index (χ4v) is 5.11. The molecule has 0 spiro atoms. The molecule has 1 aromatic carbocycles. The third-order valence-corrected chi connectivity index (χ3v) is 6.93. The van der Waals surface area contributed by atoms with Crippen LogP contribution < -0.4 is 9.47 Å². The minimum absolute atomic E-state index is 0.00627. The summed E-state index contributed by atoms with van der Waals surface area (Å²) in [5.41, 5.74) is 4.35. The van der Waals surface area contributed by atoms with Gasteiger partial charge in [0.15, 0.2) is 17.3 Å². The zero-order valence-corrected chi connectivity index (χ0v) is 20.1. The lowest BCUT2D eigenvalue weighted by atomic mass is 10.2. The van der Waals surface area contributed by atoms with Crippen molar-refractivity contribution >= 4 is 28.9 Å². The summed E-state index contributed by atoms with van der Waals surface area (Å²) in [4.78, 5) is 17.4. The summed E-state index contributed by atoms with van der Waals surface area (Å²) in [7, 11) is 0. The number of ether oxygens (including phenoxy) is 2. The SMILES string of the molecule is Cc1nc(Cc2nnc(SCC(=O)c3cc(C)n(-c4ccc5c(c4)OCCO5)c3C)o2)cs1. The normalized spacial score (nSPS) is 12.8. The number of thioether (sulfide) groups is 1. The Kier molecular flexibility index (Phi) is 5.94. The molecule has 0 radical (unpaired) electrons. The Morgan fingerprint density at radius 1 is 1.12 bits per heavy atom. The number of thiazole rings is 1. The Morgan fingerprint density at radius 2 is 1.94 bits per heavy atom. The second kappa shape index (κ2) is 9.03. The summed E-state index contributed by atoms with van der Waals surface area (Å²) in [6.45, 7) is 6.97. The van der Waals surface area contributed by atoms with Crippen molar-refractivity contribution in [2.45, 2.75) is 32.4 Å². The molecule has 0 aliphatic carbocycles. The van der Waals surface area contributed by atoms with Crippen molar-refractivity contribution in [2.75, 3.05) is 19.0 Å².